The highest BCUT2D eigenvalue weighted by Gasteiger charge is 2.26. The number of rotatable bonds is 6. The zero-order valence-corrected chi connectivity index (χ0v) is 14.6. The summed E-state index contributed by atoms with van der Waals surface area (Å²) in [5.41, 5.74) is 5.66. The van der Waals surface area contributed by atoms with Crippen LogP contribution in [0.5, 0.6) is 0 Å². The van der Waals surface area contributed by atoms with Gasteiger partial charge in [0.1, 0.15) is 5.82 Å². The molecule has 1 unspecified atom stereocenters. The number of hydrogen-bond donors (Lipinski definition) is 2. The van der Waals surface area contributed by atoms with Crippen LogP contribution in [0.2, 0.25) is 0 Å². The predicted molar refractivity (Wildman–Crippen MR) is 89.2 cm³/mol. The third-order valence-corrected chi connectivity index (χ3v) is 5.64. The van der Waals surface area contributed by atoms with E-state index in [0.29, 0.717) is 38.8 Å². The van der Waals surface area contributed by atoms with Gasteiger partial charge in [0.15, 0.2) is 0 Å². The predicted octanol–water partition coefficient (Wildman–Crippen LogP) is 1.22. The lowest BCUT2D eigenvalue weighted by atomic mass is 10.1. The molecule has 1 atom stereocenters. The number of sulfonamides is 1. The number of nitrogens with zero attached hydrogens (tertiary/aromatic N) is 1. The van der Waals surface area contributed by atoms with Crippen molar-refractivity contribution in [2.45, 2.75) is 49.6 Å². The van der Waals surface area contributed by atoms with E-state index < -0.39 is 15.8 Å². The average molecular weight is 357 g/mol. The zero-order valence-electron chi connectivity index (χ0n) is 13.7. The lowest BCUT2D eigenvalue weighted by Crippen LogP contribution is -2.46. The van der Waals surface area contributed by atoms with Gasteiger partial charge < -0.3 is 10.6 Å². The fourth-order valence-corrected chi connectivity index (χ4v) is 3.96. The van der Waals surface area contributed by atoms with Crippen LogP contribution in [-0.4, -0.2) is 44.4 Å². The second kappa shape index (κ2) is 8.04. The minimum atomic E-state index is -3.67. The molecule has 0 saturated carbocycles. The van der Waals surface area contributed by atoms with Crippen molar-refractivity contribution in [1.82, 2.24) is 9.62 Å². The minimum absolute atomic E-state index is 0.00555. The monoisotopic (exact) mass is 357 g/mol. The molecule has 1 heterocycles. The standard InChI is InChI=1S/C16H24FN3O3S/c1-12(18)2-7-16(21)20-10-8-14(9-11-20)19-24(22,23)15-5-3-13(17)4-6-15/h3-6,12,14,19H,2,7-11,18H2,1H3. The Bertz CT molecular complexity index is 654. The first-order valence-electron chi connectivity index (χ1n) is 8.09. The Morgan fingerprint density at radius 3 is 2.46 bits per heavy atom. The fraction of sp³-hybridized carbons (Fsp3) is 0.562. The van der Waals surface area contributed by atoms with Crippen molar-refractivity contribution >= 4 is 15.9 Å². The van der Waals surface area contributed by atoms with Gasteiger partial charge in [-0.2, -0.15) is 0 Å². The maximum Gasteiger partial charge on any atom is 0.240 e. The van der Waals surface area contributed by atoms with Gasteiger partial charge in [-0.15, -0.1) is 0 Å². The van der Waals surface area contributed by atoms with Crippen molar-refractivity contribution in [3.05, 3.63) is 30.1 Å². The molecular weight excluding hydrogens is 333 g/mol. The van der Waals surface area contributed by atoms with Gasteiger partial charge in [0.05, 0.1) is 4.90 Å². The van der Waals surface area contributed by atoms with Crippen LogP contribution in [0.15, 0.2) is 29.2 Å². The second-order valence-corrected chi connectivity index (χ2v) is 7.96. The van der Waals surface area contributed by atoms with Gasteiger partial charge in [0, 0.05) is 31.6 Å². The van der Waals surface area contributed by atoms with Crippen LogP contribution in [-0.2, 0) is 14.8 Å². The van der Waals surface area contributed by atoms with E-state index in [1.165, 1.54) is 12.1 Å². The molecule has 0 radical (unpaired) electrons. The van der Waals surface area contributed by atoms with Crippen molar-refractivity contribution in [1.29, 1.82) is 0 Å². The summed E-state index contributed by atoms with van der Waals surface area (Å²) >= 11 is 0. The molecule has 1 aliphatic heterocycles. The second-order valence-electron chi connectivity index (χ2n) is 6.25. The van der Waals surface area contributed by atoms with Gasteiger partial charge in [-0.05, 0) is 50.5 Å². The van der Waals surface area contributed by atoms with Crippen LogP contribution in [0, 0.1) is 5.82 Å². The van der Waals surface area contributed by atoms with Crippen LogP contribution in [0.3, 0.4) is 0 Å². The maximum atomic E-state index is 12.9. The Balaban J connectivity index is 1.86. The van der Waals surface area contributed by atoms with E-state index in [9.17, 15) is 17.6 Å². The third-order valence-electron chi connectivity index (χ3n) is 4.11. The molecule has 3 N–H and O–H groups in total. The number of piperidine rings is 1. The number of hydrogen-bond acceptors (Lipinski definition) is 4. The Morgan fingerprint density at radius 2 is 1.92 bits per heavy atom. The molecule has 134 valence electrons. The zero-order chi connectivity index (χ0) is 17.7. The molecule has 1 aromatic carbocycles. The molecule has 0 bridgehead atoms. The summed E-state index contributed by atoms with van der Waals surface area (Å²) in [5, 5.41) is 0. The number of halogens is 1. The SMILES string of the molecule is CC(N)CCC(=O)N1CCC(NS(=O)(=O)c2ccc(F)cc2)CC1. The van der Waals surface area contributed by atoms with Gasteiger partial charge in [0.2, 0.25) is 15.9 Å². The average Bonchev–Trinajstić information content (AvgIpc) is 2.53. The van der Waals surface area contributed by atoms with Gasteiger partial charge in [-0.25, -0.2) is 17.5 Å². The van der Waals surface area contributed by atoms with Crippen molar-refractivity contribution < 1.29 is 17.6 Å². The first-order valence-corrected chi connectivity index (χ1v) is 9.57. The molecule has 24 heavy (non-hydrogen) atoms. The largest absolute Gasteiger partial charge is 0.343 e. The summed E-state index contributed by atoms with van der Waals surface area (Å²) < 4.78 is 40.1. The van der Waals surface area contributed by atoms with E-state index in [0.717, 1.165) is 12.1 Å². The number of carbonyl (C=O) groups is 1. The molecule has 1 aliphatic rings. The van der Waals surface area contributed by atoms with Crippen molar-refractivity contribution in [3.63, 3.8) is 0 Å². The summed E-state index contributed by atoms with van der Waals surface area (Å²) in [6.45, 7) is 2.91. The Labute approximate surface area is 142 Å². The maximum absolute atomic E-state index is 12.9. The first-order chi connectivity index (χ1) is 11.3. The van der Waals surface area contributed by atoms with E-state index in [1.807, 2.05) is 6.92 Å². The summed E-state index contributed by atoms with van der Waals surface area (Å²) in [6, 6.07) is 4.49. The number of nitrogens with one attached hydrogen (secondary N) is 1. The first kappa shape index (κ1) is 18.8. The Kier molecular flexibility index (Phi) is 6.31. The number of benzene rings is 1. The van der Waals surface area contributed by atoms with Crippen LogP contribution >= 0.6 is 0 Å². The molecule has 8 heteroatoms. The van der Waals surface area contributed by atoms with E-state index in [2.05, 4.69) is 4.72 Å². The van der Waals surface area contributed by atoms with Crippen molar-refractivity contribution in [2.75, 3.05) is 13.1 Å². The van der Waals surface area contributed by atoms with Crippen LogP contribution in [0.1, 0.15) is 32.6 Å². The number of amides is 1. The van der Waals surface area contributed by atoms with Gasteiger partial charge in [-0.1, -0.05) is 0 Å². The number of carbonyl (C=O) groups excluding carboxylic acids is 1. The van der Waals surface area contributed by atoms with Gasteiger partial charge in [0.25, 0.3) is 0 Å². The Hall–Kier alpha value is -1.51. The lowest BCUT2D eigenvalue weighted by Gasteiger charge is -2.32. The highest BCUT2D eigenvalue weighted by atomic mass is 32.2. The summed E-state index contributed by atoms with van der Waals surface area (Å²) in [5.74, 6) is -0.417. The fourth-order valence-electron chi connectivity index (χ4n) is 2.66. The number of nitrogens with two attached hydrogens (primary N) is 1. The van der Waals surface area contributed by atoms with E-state index in [-0.39, 0.29) is 22.9 Å². The van der Waals surface area contributed by atoms with Crippen LogP contribution < -0.4 is 10.5 Å². The van der Waals surface area contributed by atoms with Crippen molar-refractivity contribution in [3.8, 4) is 0 Å². The molecule has 0 aromatic heterocycles. The van der Waals surface area contributed by atoms with E-state index in [1.54, 1.807) is 4.90 Å². The van der Waals surface area contributed by atoms with Crippen LogP contribution in [0.25, 0.3) is 0 Å². The molecule has 2 rings (SSSR count). The topological polar surface area (TPSA) is 92.5 Å². The quantitative estimate of drug-likeness (QED) is 0.801. The molecule has 6 nitrogen and oxygen atoms in total. The molecule has 1 aromatic rings. The lowest BCUT2D eigenvalue weighted by molar-refractivity contribution is -0.132. The summed E-state index contributed by atoms with van der Waals surface area (Å²) in [6.07, 6.45) is 2.19. The number of likely N-dealkylation sites (tertiary alicyclic amines) is 1. The normalized spacial score (nSPS) is 17.7. The molecule has 0 spiro atoms. The Morgan fingerprint density at radius 1 is 1.33 bits per heavy atom. The molecule has 0 aliphatic carbocycles. The van der Waals surface area contributed by atoms with E-state index >= 15 is 0 Å². The third kappa shape index (κ3) is 5.25. The van der Waals surface area contributed by atoms with Crippen molar-refractivity contribution in [2.24, 2.45) is 5.73 Å². The van der Waals surface area contributed by atoms with Crippen LogP contribution in [0.4, 0.5) is 4.39 Å². The molecule has 1 amide bonds. The van der Waals surface area contributed by atoms with Gasteiger partial charge >= 0.3 is 0 Å². The summed E-state index contributed by atoms with van der Waals surface area (Å²) in [7, 11) is -3.67. The minimum Gasteiger partial charge on any atom is -0.343 e. The van der Waals surface area contributed by atoms with E-state index in [4.69, 9.17) is 5.73 Å². The highest BCUT2D eigenvalue weighted by molar-refractivity contribution is 7.89. The van der Waals surface area contributed by atoms with Gasteiger partial charge in [-0.3, -0.25) is 4.79 Å². The smallest absolute Gasteiger partial charge is 0.240 e. The summed E-state index contributed by atoms with van der Waals surface area (Å²) in [4.78, 5) is 13.8. The highest BCUT2D eigenvalue weighted by Crippen LogP contribution is 2.16. The molecule has 1 fully saturated rings. The molecule has 1 saturated heterocycles. The molecular formula is C16H24FN3O3S.